The summed E-state index contributed by atoms with van der Waals surface area (Å²) in [4.78, 5) is 0. The quantitative estimate of drug-likeness (QED) is 0.902. The minimum Gasteiger partial charge on any atom is -0.488 e. The molecule has 3 nitrogen and oxygen atoms in total. The number of hydrogen-bond acceptors (Lipinski definition) is 3. The Balaban J connectivity index is 2.02. The van der Waals surface area contributed by atoms with E-state index in [0.29, 0.717) is 18.8 Å². The summed E-state index contributed by atoms with van der Waals surface area (Å²) in [6.07, 6.45) is 2.59. The minimum absolute atomic E-state index is 0.0270. The van der Waals surface area contributed by atoms with Crippen LogP contribution in [0, 0.1) is 5.82 Å². The van der Waals surface area contributed by atoms with Gasteiger partial charge in [-0.1, -0.05) is 12.1 Å². The van der Waals surface area contributed by atoms with Crippen LogP contribution in [0.1, 0.15) is 39.2 Å². The third-order valence-electron chi connectivity index (χ3n) is 3.56. The van der Waals surface area contributed by atoms with Crippen molar-refractivity contribution in [1.29, 1.82) is 0 Å². The molecule has 2 unspecified atom stereocenters. The topological polar surface area (TPSA) is 44.5 Å². The van der Waals surface area contributed by atoms with Crippen LogP contribution in [0.3, 0.4) is 0 Å². The van der Waals surface area contributed by atoms with E-state index < -0.39 is 0 Å². The van der Waals surface area contributed by atoms with Gasteiger partial charge < -0.3 is 15.2 Å². The standard InChI is InChI=1S/C16H24FNO2/c1-11(18)9-12-5-4-6-14(17)15(12)19-10-13-7-8-16(2,3)20-13/h4-6,11,13H,7-10,18H2,1-3H3. The van der Waals surface area contributed by atoms with Crippen molar-refractivity contribution in [3.05, 3.63) is 29.6 Å². The van der Waals surface area contributed by atoms with Gasteiger partial charge in [0.15, 0.2) is 11.6 Å². The molecular weight excluding hydrogens is 257 g/mol. The highest BCUT2D eigenvalue weighted by molar-refractivity contribution is 5.35. The summed E-state index contributed by atoms with van der Waals surface area (Å²) in [5.74, 6) is -0.0153. The molecule has 1 aromatic rings. The van der Waals surface area contributed by atoms with Crippen LogP contribution >= 0.6 is 0 Å². The van der Waals surface area contributed by atoms with Crippen molar-refractivity contribution in [3.63, 3.8) is 0 Å². The molecule has 1 fully saturated rings. The number of hydrogen-bond donors (Lipinski definition) is 1. The molecule has 1 aromatic carbocycles. The first-order valence-corrected chi connectivity index (χ1v) is 7.21. The van der Waals surface area contributed by atoms with Gasteiger partial charge in [0.2, 0.25) is 0 Å². The molecule has 0 saturated carbocycles. The number of halogens is 1. The number of rotatable bonds is 5. The van der Waals surface area contributed by atoms with Crippen molar-refractivity contribution in [3.8, 4) is 5.75 Å². The van der Waals surface area contributed by atoms with E-state index in [0.717, 1.165) is 18.4 Å². The van der Waals surface area contributed by atoms with Gasteiger partial charge >= 0.3 is 0 Å². The Morgan fingerprint density at radius 1 is 1.50 bits per heavy atom. The third-order valence-corrected chi connectivity index (χ3v) is 3.56. The van der Waals surface area contributed by atoms with Crippen molar-refractivity contribution in [2.45, 2.75) is 57.8 Å². The lowest BCUT2D eigenvalue weighted by Gasteiger charge is -2.20. The molecule has 0 bridgehead atoms. The Labute approximate surface area is 120 Å². The Hall–Kier alpha value is -1.13. The molecular formula is C16H24FNO2. The smallest absolute Gasteiger partial charge is 0.165 e. The summed E-state index contributed by atoms with van der Waals surface area (Å²) in [5.41, 5.74) is 6.51. The Morgan fingerprint density at radius 2 is 2.25 bits per heavy atom. The largest absolute Gasteiger partial charge is 0.488 e. The molecule has 0 aromatic heterocycles. The molecule has 4 heteroatoms. The van der Waals surface area contributed by atoms with Crippen LogP contribution in [0.2, 0.25) is 0 Å². The van der Waals surface area contributed by atoms with Crippen molar-refractivity contribution < 1.29 is 13.9 Å². The number of para-hydroxylation sites is 1. The Bertz CT molecular complexity index is 460. The van der Waals surface area contributed by atoms with Gasteiger partial charge in [0, 0.05) is 6.04 Å². The second kappa shape index (κ2) is 6.10. The fraction of sp³-hybridized carbons (Fsp3) is 0.625. The molecule has 0 radical (unpaired) electrons. The average molecular weight is 281 g/mol. The predicted octanol–water partition coefficient (Wildman–Crippen LogP) is 3.05. The van der Waals surface area contributed by atoms with E-state index in [1.165, 1.54) is 6.07 Å². The number of nitrogens with two attached hydrogens (primary N) is 1. The summed E-state index contributed by atoms with van der Waals surface area (Å²) >= 11 is 0. The predicted molar refractivity (Wildman–Crippen MR) is 77.4 cm³/mol. The van der Waals surface area contributed by atoms with Gasteiger partial charge in [-0.25, -0.2) is 4.39 Å². The molecule has 0 spiro atoms. The van der Waals surface area contributed by atoms with Crippen LogP contribution in [0.4, 0.5) is 4.39 Å². The zero-order valence-corrected chi connectivity index (χ0v) is 12.5. The summed E-state index contributed by atoms with van der Waals surface area (Å²) in [6.45, 7) is 6.42. The second-order valence-corrected chi connectivity index (χ2v) is 6.26. The van der Waals surface area contributed by atoms with E-state index in [9.17, 15) is 4.39 Å². The second-order valence-electron chi connectivity index (χ2n) is 6.26. The Kier molecular flexibility index (Phi) is 4.66. The lowest BCUT2D eigenvalue weighted by atomic mass is 10.1. The van der Waals surface area contributed by atoms with Gasteiger partial charge in [0.1, 0.15) is 6.61 Å². The maximum atomic E-state index is 13.9. The minimum atomic E-state index is -0.333. The molecule has 112 valence electrons. The van der Waals surface area contributed by atoms with Crippen LogP contribution in [-0.2, 0) is 11.2 Å². The van der Waals surface area contributed by atoms with Crippen LogP contribution in [-0.4, -0.2) is 24.4 Å². The van der Waals surface area contributed by atoms with E-state index >= 15 is 0 Å². The molecule has 1 aliphatic rings. The van der Waals surface area contributed by atoms with Crippen LogP contribution in [0.15, 0.2) is 18.2 Å². The highest BCUT2D eigenvalue weighted by Gasteiger charge is 2.32. The first kappa shape index (κ1) is 15.3. The van der Waals surface area contributed by atoms with E-state index in [4.69, 9.17) is 15.2 Å². The molecule has 1 heterocycles. The van der Waals surface area contributed by atoms with Gasteiger partial charge in [-0.15, -0.1) is 0 Å². The Morgan fingerprint density at radius 3 is 2.85 bits per heavy atom. The molecule has 2 rings (SSSR count). The zero-order chi connectivity index (χ0) is 14.8. The summed E-state index contributed by atoms with van der Waals surface area (Å²) in [5, 5.41) is 0. The molecule has 2 N–H and O–H groups in total. The molecule has 2 atom stereocenters. The van der Waals surface area contributed by atoms with Crippen LogP contribution < -0.4 is 10.5 Å². The maximum absolute atomic E-state index is 13.9. The maximum Gasteiger partial charge on any atom is 0.165 e. The van der Waals surface area contributed by atoms with Gasteiger partial charge in [0.25, 0.3) is 0 Å². The molecule has 1 saturated heterocycles. The normalized spacial score (nSPS) is 22.8. The first-order valence-electron chi connectivity index (χ1n) is 7.21. The SMILES string of the molecule is CC(N)Cc1cccc(F)c1OCC1CCC(C)(C)O1. The van der Waals surface area contributed by atoms with Crippen molar-refractivity contribution in [2.75, 3.05) is 6.61 Å². The summed E-state index contributed by atoms with van der Waals surface area (Å²) in [6, 6.07) is 4.94. The van der Waals surface area contributed by atoms with Crippen molar-refractivity contribution in [1.82, 2.24) is 0 Å². The highest BCUT2D eigenvalue weighted by atomic mass is 19.1. The lowest BCUT2D eigenvalue weighted by Crippen LogP contribution is -2.24. The lowest BCUT2D eigenvalue weighted by molar-refractivity contribution is -0.0331. The fourth-order valence-electron chi connectivity index (χ4n) is 2.59. The fourth-order valence-corrected chi connectivity index (χ4v) is 2.59. The van der Waals surface area contributed by atoms with E-state index in [2.05, 4.69) is 13.8 Å². The number of benzene rings is 1. The molecule has 0 amide bonds. The van der Waals surface area contributed by atoms with Gasteiger partial charge in [-0.3, -0.25) is 0 Å². The summed E-state index contributed by atoms with van der Waals surface area (Å²) in [7, 11) is 0. The van der Waals surface area contributed by atoms with E-state index in [1.54, 1.807) is 6.07 Å². The zero-order valence-electron chi connectivity index (χ0n) is 12.5. The first-order chi connectivity index (χ1) is 9.37. The number of ether oxygens (including phenoxy) is 2. The van der Waals surface area contributed by atoms with Gasteiger partial charge in [-0.2, -0.15) is 0 Å². The third kappa shape index (κ3) is 3.93. The molecule has 20 heavy (non-hydrogen) atoms. The average Bonchev–Trinajstić information content (AvgIpc) is 2.67. The summed E-state index contributed by atoms with van der Waals surface area (Å²) < 4.78 is 25.5. The van der Waals surface area contributed by atoms with Gasteiger partial charge in [0.05, 0.1) is 11.7 Å². The van der Waals surface area contributed by atoms with Crippen LogP contribution in [0.5, 0.6) is 5.75 Å². The van der Waals surface area contributed by atoms with Crippen LogP contribution in [0.25, 0.3) is 0 Å². The monoisotopic (exact) mass is 281 g/mol. The van der Waals surface area contributed by atoms with Crippen molar-refractivity contribution in [2.24, 2.45) is 5.73 Å². The molecule has 0 aliphatic carbocycles. The van der Waals surface area contributed by atoms with E-state index in [1.807, 2.05) is 13.0 Å². The van der Waals surface area contributed by atoms with E-state index in [-0.39, 0.29) is 23.6 Å². The highest BCUT2D eigenvalue weighted by Crippen LogP contribution is 2.31. The molecule has 1 aliphatic heterocycles. The van der Waals surface area contributed by atoms with Crippen molar-refractivity contribution >= 4 is 0 Å². The van der Waals surface area contributed by atoms with Gasteiger partial charge in [-0.05, 0) is 51.7 Å².